The van der Waals surface area contributed by atoms with Gasteiger partial charge in [-0.25, -0.2) is 4.98 Å². The lowest BCUT2D eigenvalue weighted by Gasteiger charge is -2.06. The maximum absolute atomic E-state index is 5.79. The molecule has 88 valence electrons. The van der Waals surface area contributed by atoms with E-state index in [2.05, 4.69) is 15.3 Å². The molecule has 2 heterocycles. The average molecular weight is 256 g/mol. The number of rotatable bonds is 2. The molecule has 1 N–H and O–H groups in total. The summed E-state index contributed by atoms with van der Waals surface area (Å²) in [5.74, 6) is 0.747. The highest BCUT2D eigenvalue weighted by Crippen LogP contribution is 2.19. The number of nitrogens with one attached hydrogen (secondary N) is 1. The Hall–Kier alpha value is -2.13. The van der Waals surface area contributed by atoms with E-state index < -0.39 is 0 Å². The van der Waals surface area contributed by atoms with Crippen molar-refractivity contribution in [1.29, 1.82) is 0 Å². The minimum atomic E-state index is 0.622. The molecule has 3 nitrogen and oxygen atoms in total. The highest BCUT2D eigenvalue weighted by molar-refractivity contribution is 6.30. The number of hydrogen-bond acceptors (Lipinski definition) is 3. The van der Waals surface area contributed by atoms with Crippen LogP contribution in [0.5, 0.6) is 0 Å². The molecular weight excluding hydrogens is 246 g/mol. The molecule has 2 aromatic heterocycles. The van der Waals surface area contributed by atoms with Crippen LogP contribution < -0.4 is 5.32 Å². The van der Waals surface area contributed by atoms with Crippen LogP contribution in [0.25, 0.3) is 10.9 Å². The Balaban J connectivity index is 1.92. The van der Waals surface area contributed by atoms with Crippen molar-refractivity contribution in [3.05, 3.63) is 59.9 Å². The van der Waals surface area contributed by atoms with Crippen LogP contribution in [0, 0.1) is 0 Å². The minimum Gasteiger partial charge on any atom is -0.339 e. The van der Waals surface area contributed by atoms with E-state index >= 15 is 0 Å². The Kier molecular flexibility index (Phi) is 2.82. The topological polar surface area (TPSA) is 37.8 Å². The van der Waals surface area contributed by atoms with Crippen molar-refractivity contribution in [3.63, 3.8) is 0 Å². The number of hydrogen-bond donors (Lipinski definition) is 1. The first kappa shape index (κ1) is 11.0. The van der Waals surface area contributed by atoms with E-state index in [4.69, 9.17) is 11.6 Å². The predicted molar refractivity (Wildman–Crippen MR) is 74.3 cm³/mol. The number of aromatic nitrogens is 2. The summed E-state index contributed by atoms with van der Waals surface area (Å²) in [6.45, 7) is 0. The zero-order chi connectivity index (χ0) is 12.4. The molecule has 0 fully saturated rings. The second kappa shape index (κ2) is 4.63. The van der Waals surface area contributed by atoms with Gasteiger partial charge in [0.1, 0.15) is 5.82 Å². The van der Waals surface area contributed by atoms with Crippen LogP contribution in [-0.4, -0.2) is 9.97 Å². The van der Waals surface area contributed by atoms with Gasteiger partial charge in [-0.2, -0.15) is 0 Å². The quantitative estimate of drug-likeness (QED) is 0.751. The Morgan fingerprint density at radius 3 is 2.67 bits per heavy atom. The van der Waals surface area contributed by atoms with Crippen molar-refractivity contribution in [1.82, 2.24) is 9.97 Å². The third kappa shape index (κ3) is 2.26. The molecule has 0 saturated heterocycles. The van der Waals surface area contributed by atoms with Crippen LogP contribution in [0.3, 0.4) is 0 Å². The molecule has 0 aliphatic carbocycles. The molecule has 0 bridgehead atoms. The molecule has 18 heavy (non-hydrogen) atoms. The third-order valence-electron chi connectivity index (χ3n) is 2.59. The second-order valence-electron chi connectivity index (χ2n) is 3.90. The summed E-state index contributed by atoms with van der Waals surface area (Å²) < 4.78 is 0. The zero-order valence-corrected chi connectivity index (χ0v) is 10.2. The van der Waals surface area contributed by atoms with Gasteiger partial charge in [-0.1, -0.05) is 29.8 Å². The minimum absolute atomic E-state index is 0.622. The first-order valence-corrected chi connectivity index (χ1v) is 5.92. The highest BCUT2D eigenvalue weighted by atomic mass is 35.5. The number of nitrogens with zero attached hydrogens (tertiary/aromatic N) is 2. The Bertz CT molecular complexity index is 680. The largest absolute Gasteiger partial charge is 0.339 e. The molecule has 0 unspecified atom stereocenters. The zero-order valence-electron chi connectivity index (χ0n) is 9.47. The summed E-state index contributed by atoms with van der Waals surface area (Å²) in [6, 6.07) is 13.7. The standard InChI is InChI=1S/C14H10ClN3/c15-11-5-6-14(17-8-11)18-12-7-10-3-1-2-4-13(10)16-9-12/h1-9H,(H,17,18). The maximum atomic E-state index is 5.79. The number of halogens is 1. The molecule has 4 heteroatoms. The van der Waals surface area contributed by atoms with Gasteiger partial charge >= 0.3 is 0 Å². The molecule has 3 rings (SSSR count). The normalized spacial score (nSPS) is 10.5. The summed E-state index contributed by atoms with van der Waals surface area (Å²) in [5, 5.41) is 4.91. The fourth-order valence-corrected chi connectivity index (χ4v) is 1.85. The molecule has 0 amide bonds. The van der Waals surface area contributed by atoms with Gasteiger partial charge in [0.2, 0.25) is 0 Å². The molecular formula is C14H10ClN3. The molecule has 1 aromatic carbocycles. The van der Waals surface area contributed by atoms with Crippen molar-refractivity contribution in [3.8, 4) is 0 Å². The number of anilines is 2. The molecule has 0 spiro atoms. The lowest BCUT2D eigenvalue weighted by Crippen LogP contribution is -1.93. The predicted octanol–water partition coefficient (Wildman–Crippen LogP) is 4.03. The summed E-state index contributed by atoms with van der Waals surface area (Å²) in [7, 11) is 0. The van der Waals surface area contributed by atoms with Crippen LogP contribution in [0.1, 0.15) is 0 Å². The summed E-state index contributed by atoms with van der Waals surface area (Å²) in [4.78, 5) is 8.56. The van der Waals surface area contributed by atoms with Crippen molar-refractivity contribution in [2.45, 2.75) is 0 Å². The first-order chi connectivity index (χ1) is 8.81. The summed E-state index contributed by atoms with van der Waals surface area (Å²) in [5.41, 5.74) is 1.88. The number of fused-ring (bicyclic) bond motifs is 1. The number of benzene rings is 1. The monoisotopic (exact) mass is 255 g/mol. The van der Waals surface area contributed by atoms with Crippen LogP contribution in [-0.2, 0) is 0 Å². The SMILES string of the molecule is Clc1ccc(Nc2cnc3ccccc3c2)nc1. The molecule has 3 aromatic rings. The van der Waals surface area contributed by atoms with E-state index in [0.717, 1.165) is 22.4 Å². The van der Waals surface area contributed by atoms with Gasteiger partial charge in [-0.05, 0) is 24.3 Å². The Morgan fingerprint density at radius 2 is 1.83 bits per heavy atom. The van der Waals surface area contributed by atoms with Crippen LogP contribution in [0.15, 0.2) is 54.9 Å². The summed E-state index contributed by atoms with van der Waals surface area (Å²) >= 11 is 5.79. The Morgan fingerprint density at radius 1 is 0.944 bits per heavy atom. The van der Waals surface area contributed by atoms with Crippen molar-refractivity contribution in [2.75, 3.05) is 5.32 Å². The van der Waals surface area contributed by atoms with Gasteiger partial charge in [-0.15, -0.1) is 0 Å². The first-order valence-electron chi connectivity index (χ1n) is 5.55. The number of para-hydroxylation sites is 1. The van der Waals surface area contributed by atoms with E-state index in [1.54, 1.807) is 18.5 Å². The molecule has 0 aliphatic heterocycles. The van der Waals surface area contributed by atoms with Gasteiger partial charge in [-0.3, -0.25) is 4.98 Å². The van der Waals surface area contributed by atoms with E-state index in [1.165, 1.54) is 0 Å². The lowest BCUT2D eigenvalue weighted by atomic mass is 10.2. The second-order valence-corrected chi connectivity index (χ2v) is 4.34. The van der Waals surface area contributed by atoms with Gasteiger partial charge in [0, 0.05) is 11.6 Å². The van der Waals surface area contributed by atoms with E-state index in [1.807, 2.05) is 36.4 Å². The maximum Gasteiger partial charge on any atom is 0.130 e. The smallest absolute Gasteiger partial charge is 0.130 e. The van der Waals surface area contributed by atoms with Crippen molar-refractivity contribution >= 4 is 34.0 Å². The van der Waals surface area contributed by atoms with E-state index in [9.17, 15) is 0 Å². The van der Waals surface area contributed by atoms with E-state index in [0.29, 0.717) is 5.02 Å². The fourth-order valence-electron chi connectivity index (χ4n) is 1.74. The van der Waals surface area contributed by atoms with Crippen LogP contribution in [0.4, 0.5) is 11.5 Å². The third-order valence-corrected chi connectivity index (χ3v) is 2.81. The van der Waals surface area contributed by atoms with Gasteiger partial charge in [0.15, 0.2) is 0 Å². The molecule has 0 aliphatic rings. The van der Waals surface area contributed by atoms with E-state index in [-0.39, 0.29) is 0 Å². The Labute approximate surface area is 109 Å². The van der Waals surface area contributed by atoms with Crippen LogP contribution in [0.2, 0.25) is 5.02 Å². The van der Waals surface area contributed by atoms with Crippen molar-refractivity contribution < 1.29 is 0 Å². The molecule has 0 atom stereocenters. The summed E-state index contributed by atoms with van der Waals surface area (Å²) in [6.07, 6.45) is 3.40. The highest BCUT2D eigenvalue weighted by Gasteiger charge is 1.99. The van der Waals surface area contributed by atoms with Gasteiger partial charge in [0.05, 0.1) is 22.4 Å². The molecule has 0 saturated carbocycles. The average Bonchev–Trinajstić information content (AvgIpc) is 2.41. The van der Waals surface area contributed by atoms with Crippen molar-refractivity contribution in [2.24, 2.45) is 0 Å². The lowest BCUT2D eigenvalue weighted by molar-refractivity contribution is 1.30. The molecule has 0 radical (unpaired) electrons. The van der Waals surface area contributed by atoms with Gasteiger partial charge in [0.25, 0.3) is 0 Å². The fraction of sp³-hybridized carbons (Fsp3) is 0. The van der Waals surface area contributed by atoms with Crippen LogP contribution >= 0.6 is 11.6 Å². The number of pyridine rings is 2. The van der Waals surface area contributed by atoms with Gasteiger partial charge < -0.3 is 5.32 Å².